The lowest BCUT2D eigenvalue weighted by Crippen LogP contribution is -2.44. The van der Waals surface area contributed by atoms with Gasteiger partial charge >= 0.3 is 0 Å². The fourth-order valence-electron chi connectivity index (χ4n) is 2.73. The highest BCUT2D eigenvalue weighted by molar-refractivity contribution is 5.92. The van der Waals surface area contributed by atoms with E-state index in [1.54, 1.807) is 19.1 Å². The van der Waals surface area contributed by atoms with Gasteiger partial charge in [-0.3, -0.25) is 4.79 Å². The summed E-state index contributed by atoms with van der Waals surface area (Å²) in [4.78, 5) is 12.0. The lowest BCUT2D eigenvalue weighted by atomic mass is 9.80. The standard InChI is InChI=1S/C15H21FN2O/c1-11-6-5-7-12(16)14(11)18-13(19)10-15(17)8-3-2-4-9-15/h5-7H,2-4,8-10,17H2,1H3,(H,18,19). The highest BCUT2D eigenvalue weighted by atomic mass is 19.1. The molecule has 1 aliphatic rings. The number of nitrogens with two attached hydrogens (primary N) is 1. The Morgan fingerprint density at radius 3 is 2.68 bits per heavy atom. The first-order valence-electron chi connectivity index (χ1n) is 6.84. The fraction of sp³-hybridized carbons (Fsp3) is 0.533. The van der Waals surface area contributed by atoms with Crippen LogP contribution in [0.2, 0.25) is 0 Å². The van der Waals surface area contributed by atoms with Gasteiger partial charge in [-0.2, -0.15) is 0 Å². The molecule has 1 aliphatic carbocycles. The number of rotatable bonds is 3. The van der Waals surface area contributed by atoms with E-state index < -0.39 is 11.4 Å². The van der Waals surface area contributed by atoms with E-state index in [2.05, 4.69) is 5.32 Å². The first kappa shape index (κ1) is 14.0. The number of amides is 1. The monoisotopic (exact) mass is 264 g/mol. The van der Waals surface area contributed by atoms with Crippen LogP contribution in [-0.2, 0) is 4.79 Å². The number of halogens is 1. The Labute approximate surface area is 113 Å². The molecule has 0 bridgehead atoms. The Hall–Kier alpha value is -1.42. The molecule has 1 saturated carbocycles. The third-order valence-electron chi connectivity index (χ3n) is 3.85. The van der Waals surface area contributed by atoms with Crippen molar-refractivity contribution < 1.29 is 9.18 Å². The molecule has 1 aromatic carbocycles. The van der Waals surface area contributed by atoms with Crippen molar-refractivity contribution in [2.24, 2.45) is 5.73 Å². The van der Waals surface area contributed by atoms with Crippen molar-refractivity contribution in [2.75, 3.05) is 5.32 Å². The zero-order chi connectivity index (χ0) is 13.9. The summed E-state index contributed by atoms with van der Waals surface area (Å²) in [5.41, 5.74) is 6.82. The predicted molar refractivity (Wildman–Crippen MR) is 74.4 cm³/mol. The van der Waals surface area contributed by atoms with E-state index in [4.69, 9.17) is 5.73 Å². The van der Waals surface area contributed by atoms with Crippen LogP contribution in [0.4, 0.5) is 10.1 Å². The van der Waals surface area contributed by atoms with Crippen LogP contribution < -0.4 is 11.1 Å². The molecule has 0 unspecified atom stereocenters. The zero-order valence-electron chi connectivity index (χ0n) is 11.3. The second-order valence-corrected chi connectivity index (χ2v) is 5.58. The van der Waals surface area contributed by atoms with Crippen LogP contribution in [0.3, 0.4) is 0 Å². The van der Waals surface area contributed by atoms with Crippen LogP contribution in [0.15, 0.2) is 18.2 Å². The van der Waals surface area contributed by atoms with Crippen LogP contribution in [0, 0.1) is 12.7 Å². The van der Waals surface area contributed by atoms with E-state index in [-0.39, 0.29) is 18.0 Å². The van der Waals surface area contributed by atoms with E-state index >= 15 is 0 Å². The van der Waals surface area contributed by atoms with Gasteiger partial charge in [-0.05, 0) is 31.4 Å². The summed E-state index contributed by atoms with van der Waals surface area (Å²) in [6.45, 7) is 1.78. The average molecular weight is 264 g/mol. The van der Waals surface area contributed by atoms with Gasteiger partial charge in [-0.15, -0.1) is 0 Å². The van der Waals surface area contributed by atoms with Gasteiger partial charge in [0.15, 0.2) is 0 Å². The molecule has 104 valence electrons. The lowest BCUT2D eigenvalue weighted by Gasteiger charge is -2.32. The molecular formula is C15H21FN2O. The zero-order valence-corrected chi connectivity index (χ0v) is 11.3. The van der Waals surface area contributed by atoms with Gasteiger partial charge < -0.3 is 11.1 Å². The Balaban J connectivity index is 2.01. The molecular weight excluding hydrogens is 243 g/mol. The van der Waals surface area contributed by atoms with Gasteiger partial charge in [0.25, 0.3) is 0 Å². The number of anilines is 1. The summed E-state index contributed by atoms with van der Waals surface area (Å²) < 4.78 is 13.6. The van der Waals surface area contributed by atoms with Gasteiger partial charge in [0.05, 0.1) is 5.69 Å². The topological polar surface area (TPSA) is 55.1 Å². The SMILES string of the molecule is Cc1cccc(F)c1NC(=O)CC1(N)CCCCC1. The maximum absolute atomic E-state index is 13.6. The van der Waals surface area contributed by atoms with Crippen LogP contribution in [0.25, 0.3) is 0 Å². The van der Waals surface area contributed by atoms with E-state index in [0.29, 0.717) is 0 Å². The highest BCUT2D eigenvalue weighted by Crippen LogP contribution is 2.29. The number of hydrogen-bond acceptors (Lipinski definition) is 2. The number of nitrogens with one attached hydrogen (secondary N) is 1. The molecule has 0 radical (unpaired) electrons. The van der Waals surface area contributed by atoms with Crippen molar-refractivity contribution in [3.8, 4) is 0 Å². The largest absolute Gasteiger partial charge is 0.325 e. The van der Waals surface area contributed by atoms with E-state index in [1.165, 1.54) is 12.5 Å². The van der Waals surface area contributed by atoms with Gasteiger partial charge in [0.1, 0.15) is 5.82 Å². The Bertz CT molecular complexity index is 447. The molecule has 0 saturated heterocycles. The van der Waals surface area contributed by atoms with Crippen LogP contribution in [0.1, 0.15) is 44.1 Å². The van der Waals surface area contributed by atoms with Crippen molar-refractivity contribution in [2.45, 2.75) is 51.0 Å². The molecule has 0 atom stereocenters. The Morgan fingerprint density at radius 1 is 1.37 bits per heavy atom. The van der Waals surface area contributed by atoms with Gasteiger partial charge in [-0.25, -0.2) is 4.39 Å². The number of hydrogen-bond donors (Lipinski definition) is 2. The molecule has 0 heterocycles. The number of para-hydroxylation sites is 1. The van der Waals surface area contributed by atoms with Crippen LogP contribution in [-0.4, -0.2) is 11.4 Å². The molecule has 1 aromatic rings. The van der Waals surface area contributed by atoms with E-state index in [9.17, 15) is 9.18 Å². The number of carbonyl (C=O) groups excluding carboxylic acids is 1. The molecule has 3 nitrogen and oxygen atoms in total. The third kappa shape index (κ3) is 3.53. The molecule has 0 aliphatic heterocycles. The van der Waals surface area contributed by atoms with Gasteiger partial charge in [0, 0.05) is 12.0 Å². The molecule has 1 fully saturated rings. The van der Waals surface area contributed by atoms with Gasteiger partial charge in [-0.1, -0.05) is 31.4 Å². The minimum absolute atomic E-state index is 0.197. The molecule has 4 heteroatoms. The summed E-state index contributed by atoms with van der Waals surface area (Å²) in [5.74, 6) is -0.597. The van der Waals surface area contributed by atoms with Crippen molar-refractivity contribution in [1.82, 2.24) is 0 Å². The quantitative estimate of drug-likeness (QED) is 0.881. The molecule has 0 aromatic heterocycles. The van der Waals surface area contributed by atoms with Crippen LogP contribution >= 0.6 is 0 Å². The Morgan fingerprint density at radius 2 is 2.05 bits per heavy atom. The molecule has 3 N–H and O–H groups in total. The summed E-state index contributed by atoms with van der Waals surface area (Å²) in [7, 11) is 0. The van der Waals surface area contributed by atoms with E-state index in [1.807, 2.05) is 0 Å². The lowest BCUT2D eigenvalue weighted by molar-refractivity contribution is -0.117. The van der Waals surface area contributed by atoms with Crippen LogP contribution in [0.5, 0.6) is 0 Å². The predicted octanol–water partition coefficient (Wildman–Crippen LogP) is 3.12. The third-order valence-corrected chi connectivity index (χ3v) is 3.85. The molecule has 1 amide bonds. The summed E-state index contributed by atoms with van der Waals surface area (Å²) in [5, 5.41) is 2.66. The highest BCUT2D eigenvalue weighted by Gasteiger charge is 2.30. The summed E-state index contributed by atoms with van der Waals surface area (Å²) in [6, 6.07) is 4.75. The normalized spacial score (nSPS) is 18.1. The van der Waals surface area contributed by atoms with Crippen molar-refractivity contribution in [3.05, 3.63) is 29.6 Å². The smallest absolute Gasteiger partial charge is 0.226 e. The molecule has 0 spiro atoms. The fourth-order valence-corrected chi connectivity index (χ4v) is 2.73. The first-order valence-corrected chi connectivity index (χ1v) is 6.84. The maximum atomic E-state index is 13.6. The minimum Gasteiger partial charge on any atom is -0.325 e. The van der Waals surface area contributed by atoms with Crippen molar-refractivity contribution in [3.63, 3.8) is 0 Å². The number of benzene rings is 1. The van der Waals surface area contributed by atoms with Crippen molar-refractivity contribution in [1.29, 1.82) is 0 Å². The second-order valence-electron chi connectivity index (χ2n) is 5.58. The average Bonchev–Trinajstić information content (AvgIpc) is 2.34. The van der Waals surface area contributed by atoms with Gasteiger partial charge in [0.2, 0.25) is 5.91 Å². The maximum Gasteiger partial charge on any atom is 0.226 e. The minimum atomic E-state index is -0.415. The van der Waals surface area contributed by atoms with Crippen molar-refractivity contribution >= 4 is 11.6 Å². The summed E-state index contributed by atoms with van der Waals surface area (Å²) >= 11 is 0. The molecule has 2 rings (SSSR count). The summed E-state index contributed by atoms with van der Waals surface area (Å²) in [6.07, 6.45) is 5.34. The Kier molecular flexibility index (Phi) is 4.20. The number of aryl methyl sites for hydroxylation is 1. The molecule has 19 heavy (non-hydrogen) atoms. The second kappa shape index (κ2) is 5.70. The van der Waals surface area contributed by atoms with E-state index in [0.717, 1.165) is 31.2 Å². The number of carbonyl (C=O) groups is 1. The first-order chi connectivity index (χ1) is 9.00.